The van der Waals surface area contributed by atoms with Gasteiger partial charge in [0.15, 0.2) is 5.58 Å². The minimum Gasteiger partial charge on any atom is -0.436 e. The van der Waals surface area contributed by atoms with E-state index in [0.29, 0.717) is 17.2 Å². The number of aromatic nitrogens is 3. The number of thioether (sulfide) groups is 1. The number of halogens is 1. The van der Waals surface area contributed by atoms with E-state index in [1.54, 1.807) is 0 Å². The van der Waals surface area contributed by atoms with Crippen molar-refractivity contribution in [3.05, 3.63) is 77.0 Å². The minimum absolute atomic E-state index is 0.142. The molecule has 0 bridgehead atoms. The maximum atomic E-state index is 12.8. The van der Waals surface area contributed by atoms with Crippen molar-refractivity contribution >= 4 is 61.3 Å². The van der Waals surface area contributed by atoms with Crippen LogP contribution in [-0.2, 0) is 4.79 Å². The monoisotopic (exact) mass is 504 g/mol. The van der Waals surface area contributed by atoms with Gasteiger partial charge in [-0.2, -0.15) is 0 Å². The van der Waals surface area contributed by atoms with Gasteiger partial charge < -0.3 is 9.73 Å². The number of rotatable bonds is 5. The first-order valence-corrected chi connectivity index (χ1v) is 11.6. The van der Waals surface area contributed by atoms with Crippen molar-refractivity contribution in [2.75, 3.05) is 11.1 Å². The topological polar surface area (TPSA) is 80.9 Å². The Labute approximate surface area is 196 Å². The van der Waals surface area contributed by atoms with E-state index < -0.39 is 0 Å². The molecule has 0 fully saturated rings. The summed E-state index contributed by atoms with van der Waals surface area (Å²) in [5.41, 5.74) is 4.83. The zero-order chi connectivity index (χ0) is 22.1. The Bertz CT molecular complexity index is 1470. The van der Waals surface area contributed by atoms with Crippen LogP contribution in [0.15, 0.2) is 80.9 Å². The molecule has 8 heteroatoms. The van der Waals surface area contributed by atoms with E-state index in [9.17, 15) is 4.79 Å². The average molecular weight is 505 g/mol. The van der Waals surface area contributed by atoms with Crippen LogP contribution < -0.4 is 5.32 Å². The van der Waals surface area contributed by atoms with Crippen LogP contribution >= 0.6 is 27.7 Å². The number of benzene rings is 3. The fraction of sp³-hybridized carbons (Fsp3) is 0.0833. The number of aryl methyl sites for hydroxylation is 1. The zero-order valence-corrected chi connectivity index (χ0v) is 19.4. The van der Waals surface area contributed by atoms with Crippen molar-refractivity contribution in [2.45, 2.75) is 11.9 Å². The summed E-state index contributed by atoms with van der Waals surface area (Å²) in [6.45, 7) is 2.01. The fourth-order valence-corrected chi connectivity index (χ4v) is 4.51. The van der Waals surface area contributed by atoms with E-state index in [-0.39, 0.29) is 11.7 Å². The minimum atomic E-state index is -0.142. The zero-order valence-electron chi connectivity index (χ0n) is 17.0. The highest BCUT2D eigenvalue weighted by Crippen LogP contribution is 2.31. The summed E-state index contributed by atoms with van der Waals surface area (Å²) < 4.78 is 6.87. The van der Waals surface area contributed by atoms with Crippen molar-refractivity contribution in [3.8, 4) is 11.5 Å². The Kier molecular flexibility index (Phi) is 5.63. The molecule has 5 aromatic rings. The van der Waals surface area contributed by atoms with Crippen molar-refractivity contribution in [1.82, 2.24) is 15.0 Å². The second kappa shape index (κ2) is 8.72. The van der Waals surface area contributed by atoms with Gasteiger partial charge in [0.1, 0.15) is 16.9 Å². The maximum absolute atomic E-state index is 12.8. The molecule has 0 atom stereocenters. The third kappa shape index (κ3) is 4.24. The van der Waals surface area contributed by atoms with Gasteiger partial charge in [0.25, 0.3) is 0 Å². The standard InChI is InChI=1S/C24H17BrN4O2S/c1-14-6-9-21-20(10-14)29-23(31-21)16-4-2-3-5-19(16)28-22(30)12-32-24-17-11-15(25)7-8-18(17)26-13-27-24/h2-11,13H,12H2,1H3,(H,28,30). The molecule has 6 nitrogen and oxygen atoms in total. The van der Waals surface area contributed by atoms with Crippen molar-refractivity contribution in [3.63, 3.8) is 0 Å². The number of nitrogens with one attached hydrogen (secondary N) is 1. The fourth-order valence-electron chi connectivity index (χ4n) is 3.37. The highest BCUT2D eigenvalue weighted by atomic mass is 79.9. The van der Waals surface area contributed by atoms with Gasteiger partial charge in [0, 0.05) is 9.86 Å². The van der Waals surface area contributed by atoms with Gasteiger partial charge in [-0.1, -0.05) is 45.9 Å². The normalized spacial score (nSPS) is 11.2. The summed E-state index contributed by atoms with van der Waals surface area (Å²) in [5, 5.41) is 4.64. The summed E-state index contributed by atoms with van der Waals surface area (Å²) in [6, 6.07) is 19.2. The number of fused-ring (bicyclic) bond motifs is 2. The molecule has 0 aliphatic carbocycles. The van der Waals surface area contributed by atoms with Gasteiger partial charge in [-0.25, -0.2) is 15.0 Å². The third-order valence-corrected chi connectivity index (χ3v) is 6.37. The Morgan fingerprint density at radius 3 is 2.84 bits per heavy atom. The molecule has 0 radical (unpaired) electrons. The molecule has 1 N–H and O–H groups in total. The Hall–Kier alpha value is -3.23. The molecule has 0 aliphatic heterocycles. The summed E-state index contributed by atoms with van der Waals surface area (Å²) in [5.74, 6) is 0.539. The number of anilines is 1. The first-order valence-electron chi connectivity index (χ1n) is 9.86. The van der Waals surface area contributed by atoms with Gasteiger partial charge in [-0.3, -0.25) is 4.79 Å². The van der Waals surface area contributed by atoms with Crippen LogP contribution in [0.1, 0.15) is 5.56 Å². The summed E-state index contributed by atoms with van der Waals surface area (Å²) in [7, 11) is 0. The number of carbonyl (C=O) groups is 1. The van der Waals surface area contributed by atoms with E-state index >= 15 is 0 Å². The second-order valence-electron chi connectivity index (χ2n) is 7.21. The van der Waals surface area contributed by atoms with E-state index in [2.05, 4.69) is 36.2 Å². The van der Waals surface area contributed by atoms with E-state index in [0.717, 1.165) is 37.0 Å². The largest absolute Gasteiger partial charge is 0.436 e. The van der Waals surface area contributed by atoms with Gasteiger partial charge in [0.2, 0.25) is 11.8 Å². The van der Waals surface area contributed by atoms with Crippen LogP contribution in [0.4, 0.5) is 5.69 Å². The highest BCUT2D eigenvalue weighted by molar-refractivity contribution is 9.10. The van der Waals surface area contributed by atoms with Crippen molar-refractivity contribution < 1.29 is 9.21 Å². The smallest absolute Gasteiger partial charge is 0.234 e. The Balaban J connectivity index is 1.36. The van der Waals surface area contributed by atoms with Gasteiger partial charge in [0.05, 0.1) is 22.5 Å². The Morgan fingerprint density at radius 2 is 1.94 bits per heavy atom. The molecular weight excluding hydrogens is 488 g/mol. The maximum Gasteiger partial charge on any atom is 0.234 e. The van der Waals surface area contributed by atoms with Crippen LogP contribution in [0.2, 0.25) is 0 Å². The van der Waals surface area contributed by atoms with E-state index in [1.807, 2.05) is 67.6 Å². The first-order chi connectivity index (χ1) is 15.6. The number of oxazole rings is 1. The molecular formula is C24H17BrN4O2S. The number of hydrogen-bond donors (Lipinski definition) is 1. The lowest BCUT2D eigenvalue weighted by Crippen LogP contribution is -2.14. The first kappa shape index (κ1) is 20.7. The number of carbonyl (C=O) groups excluding carboxylic acids is 1. The molecule has 0 unspecified atom stereocenters. The van der Waals surface area contributed by atoms with Crippen molar-refractivity contribution in [1.29, 1.82) is 0 Å². The molecule has 3 aromatic carbocycles. The van der Waals surface area contributed by atoms with E-state index in [4.69, 9.17) is 4.42 Å². The lowest BCUT2D eigenvalue weighted by molar-refractivity contribution is -0.113. The van der Waals surface area contributed by atoms with Crippen LogP contribution in [0.3, 0.4) is 0 Å². The van der Waals surface area contributed by atoms with E-state index in [1.165, 1.54) is 18.1 Å². The summed E-state index contributed by atoms with van der Waals surface area (Å²) >= 11 is 4.85. The molecule has 0 saturated heterocycles. The predicted octanol–water partition coefficient (Wildman–Crippen LogP) is 6.24. The molecule has 2 heterocycles. The van der Waals surface area contributed by atoms with Gasteiger partial charge in [-0.05, 0) is 55.0 Å². The highest BCUT2D eigenvalue weighted by Gasteiger charge is 2.15. The summed E-state index contributed by atoms with van der Waals surface area (Å²) in [4.78, 5) is 26.0. The lowest BCUT2D eigenvalue weighted by atomic mass is 10.1. The summed E-state index contributed by atoms with van der Waals surface area (Å²) in [6.07, 6.45) is 1.51. The average Bonchev–Trinajstić information content (AvgIpc) is 3.21. The molecule has 0 spiro atoms. The number of para-hydroxylation sites is 1. The molecule has 0 saturated carbocycles. The second-order valence-corrected chi connectivity index (χ2v) is 9.09. The van der Waals surface area contributed by atoms with Crippen LogP contribution in [0.5, 0.6) is 0 Å². The molecule has 32 heavy (non-hydrogen) atoms. The molecule has 5 rings (SSSR count). The number of amides is 1. The van der Waals surface area contributed by atoms with Crippen LogP contribution in [-0.4, -0.2) is 26.6 Å². The van der Waals surface area contributed by atoms with Crippen LogP contribution in [0.25, 0.3) is 33.5 Å². The number of nitrogens with zero attached hydrogens (tertiary/aromatic N) is 3. The third-order valence-electron chi connectivity index (χ3n) is 4.88. The van der Waals surface area contributed by atoms with Gasteiger partial charge >= 0.3 is 0 Å². The SMILES string of the molecule is Cc1ccc2oc(-c3ccccc3NC(=O)CSc3ncnc4ccc(Br)cc34)nc2c1. The molecule has 0 aliphatic rings. The van der Waals surface area contributed by atoms with Gasteiger partial charge in [-0.15, -0.1) is 0 Å². The molecule has 2 aromatic heterocycles. The molecule has 158 valence electrons. The van der Waals surface area contributed by atoms with Crippen LogP contribution in [0, 0.1) is 6.92 Å². The quantitative estimate of drug-likeness (QED) is 0.225. The lowest BCUT2D eigenvalue weighted by Gasteiger charge is -2.09. The number of hydrogen-bond acceptors (Lipinski definition) is 6. The molecule has 1 amide bonds. The predicted molar refractivity (Wildman–Crippen MR) is 131 cm³/mol. The van der Waals surface area contributed by atoms with Crippen molar-refractivity contribution in [2.24, 2.45) is 0 Å². The Morgan fingerprint density at radius 1 is 1.06 bits per heavy atom.